The molecule has 254 valence electrons. The van der Waals surface area contributed by atoms with Crippen LogP contribution in [0.4, 0.5) is 0 Å². The molecule has 11 aromatic rings. The molecule has 0 spiro atoms. The Kier molecular flexibility index (Phi) is 5.84. The van der Waals surface area contributed by atoms with Crippen LogP contribution in [-0.4, -0.2) is 9.13 Å². The van der Waals surface area contributed by atoms with E-state index in [9.17, 15) is 0 Å². The summed E-state index contributed by atoms with van der Waals surface area (Å²) in [6.07, 6.45) is 0. The second-order valence-corrected chi connectivity index (χ2v) is 15.3. The van der Waals surface area contributed by atoms with E-state index in [-0.39, 0.29) is 5.41 Å². The lowest BCUT2D eigenvalue weighted by Crippen LogP contribution is -2.14. The third kappa shape index (κ3) is 3.91. The summed E-state index contributed by atoms with van der Waals surface area (Å²) in [7, 11) is 0. The van der Waals surface area contributed by atoms with Crippen LogP contribution in [0.3, 0.4) is 0 Å². The molecule has 0 atom stereocenters. The molecule has 0 N–H and O–H groups in total. The molecule has 0 unspecified atom stereocenters. The topological polar surface area (TPSA) is 23.0 Å². The first kappa shape index (κ1) is 29.7. The van der Waals surface area contributed by atoms with Crippen molar-refractivity contribution >= 4 is 65.6 Å². The van der Waals surface area contributed by atoms with E-state index >= 15 is 0 Å². The Hall–Kier alpha value is -6.84. The smallest absolute Gasteiger partial charge is 0.160 e. The van der Waals surface area contributed by atoms with Gasteiger partial charge in [0.15, 0.2) is 5.58 Å². The van der Waals surface area contributed by atoms with Gasteiger partial charge in [0.1, 0.15) is 5.58 Å². The van der Waals surface area contributed by atoms with Crippen molar-refractivity contribution in [2.75, 3.05) is 0 Å². The fourth-order valence-electron chi connectivity index (χ4n) is 9.55. The van der Waals surface area contributed by atoms with Crippen molar-refractivity contribution in [1.82, 2.24) is 9.13 Å². The first-order chi connectivity index (χ1) is 26.5. The average molecular weight is 691 g/mol. The average Bonchev–Trinajstić information content (AvgIpc) is 3.93. The van der Waals surface area contributed by atoms with Crippen molar-refractivity contribution < 1.29 is 4.42 Å². The number of hydrogen-bond donors (Lipinski definition) is 0. The quantitative estimate of drug-likeness (QED) is 0.181. The van der Waals surface area contributed by atoms with Gasteiger partial charge in [-0.15, -0.1) is 0 Å². The van der Waals surface area contributed by atoms with Crippen LogP contribution in [0, 0.1) is 0 Å². The molecule has 54 heavy (non-hydrogen) atoms. The minimum Gasteiger partial charge on any atom is -0.454 e. The molecular weight excluding hydrogens is 657 g/mol. The maximum Gasteiger partial charge on any atom is 0.160 e. The molecule has 1 aliphatic carbocycles. The third-order valence-electron chi connectivity index (χ3n) is 12.1. The normalized spacial score (nSPS) is 13.5. The first-order valence-electron chi connectivity index (χ1n) is 18.8. The van der Waals surface area contributed by atoms with Crippen molar-refractivity contribution in [2.45, 2.75) is 19.3 Å². The molecule has 12 rings (SSSR count). The Balaban J connectivity index is 1.13. The number of furan rings is 1. The lowest BCUT2D eigenvalue weighted by molar-refractivity contribution is 0.661. The molecule has 3 nitrogen and oxygen atoms in total. The maximum absolute atomic E-state index is 6.64. The van der Waals surface area contributed by atoms with Gasteiger partial charge >= 0.3 is 0 Å². The monoisotopic (exact) mass is 690 g/mol. The Bertz CT molecular complexity index is 3340. The Morgan fingerprint density at radius 1 is 0.407 bits per heavy atom. The van der Waals surface area contributed by atoms with Gasteiger partial charge < -0.3 is 13.6 Å². The highest BCUT2D eigenvalue weighted by Gasteiger charge is 2.36. The van der Waals surface area contributed by atoms with Crippen molar-refractivity contribution in [3.05, 3.63) is 181 Å². The summed E-state index contributed by atoms with van der Waals surface area (Å²) in [5.41, 5.74) is 16.6. The van der Waals surface area contributed by atoms with Crippen LogP contribution in [0.15, 0.2) is 174 Å². The molecule has 0 fully saturated rings. The molecule has 0 radical (unpaired) electrons. The predicted octanol–water partition coefficient (Wildman–Crippen LogP) is 13.8. The molecule has 0 bridgehead atoms. The van der Waals surface area contributed by atoms with E-state index in [1.54, 1.807) is 0 Å². The zero-order valence-electron chi connectivity index (χ0n) is 30.0. The van der Waals surface area contributed by atoms with Crippen LogP contribution in [-0.2, 0) is 5.41 Å². The lowest BCUT2D eigenvalue weighted by Gasteiger charge is -2.21. The number of rotatable bonds is 3. The summed E-state index contributed by atoms with van der Waals surface area (Å²) < 4.78 is 11.5. The van der Waals surface area contributed by atoms with Crippen molar-refractivity contribution in [3.63, 3.8) is 0 Å². The Labute approximate surface area is 311 Å². The molecule has 0 amide bonds. The summed E-state index contributed by atoms with van der Waals surface area (Å²) in [6.45, 7) is 4.72. The summed E-state index contributed by atoms with van der Waals surface area (Å²) in [4.78, 5) is 0. The number of fused-ring (bicyclic) bond motifs is 13. The van der Waals surface area contributed by atoms with E-state index in [2.05, 4.69) is 187 Å². The van der Waals surface area contributed by atoms with E-state index in [0.29, 0.717) is 0 Å². The molecule has 0 saturated carbocycles. The summed E-state index contributed by atoms with van der Waals surface area (Å²) >= 11 is 0. The minimum atomic E-state index is -0.0795. The second-order valence-electron chi connectivity index (χ2n) is 15.3. The van der Waals surface area contributed by atoms with Gasteiger partial charge in [-0.05, 0) is 100 Å². The summed E-state index contributed by atoms with van der Waals surface area (Å²) in [6, 6.07) is 62.1. The Morgan fingerprint density at radius 2 is 1.04 bits per heavy atom. The molecule has 3 heterocycles. The maximum atomic E-state index is 6.64. The van der Waals surface area contributed by atoms with Crippen LogP contribution >= 0.6 is 0 Å². The van der Waals surface area contributed by atoms with Crippen molar-refractivity contribution in [1.29, 1.82) is 0 Å². The van der Waals surface area contributed by atoms with Gasteiger partial charge in [-0.2, -0.15) is 0 Å². The zero-order chi connectivity index (χ0) is 35.7. The number of nitrogens with zero attached hydrogens (tertiary/aromatic N) is 2. The van der Waals surface area contributed by atoms with E-state index in [1.807, 2.05) is 6.07 Å². The highest BCUT2D eigenvalue weighted by Crippen LogP contribution is 2.51. The molecule has 1 aliphatic rings. The number of hydrogen-bond acceptors (Lipinski definition) is 1. The number of benzene rings is 8. The highest BCUT2D eigenvalue weighted by atomic mass is 16.3. The van der Waals surface area contributed by atoms with Gasteiger partial charge in [0.25, 0.3) is 0 Å². The van der Waals surface area contributed by atoms with Gasteiger partial charge in [0.2, 0.25) is 0 Å². The van der Waals surface area contributed by atoms with Crippen LogP contribution in [0.1, 0.15) is 25.0 Å². The number of para-hydroxylation sites is 3. The minimum absolute atomic E-state index is 0.0795. The van der Waals surface area contributed by atoms with E-state index in [0.717, 1.165) is 38.7 Å². The number of aromatic nitrogens is 2. The third-order valence-corrected chi connectivity index (χ3v) is 12.1. The molecular formula is C51H34N2O. The van der Waals surface area contributed by atoms with Crippen LogP contribution in [0.2, 0.25) is 0 Å². The zero-order valence-corrected chi connectivity index (χ0v) is 30.0. The van der Waals surface area contributed by atoms with Crippen molar-refractivity contribution in [3.8, 4) is 33.6 Å². The van der Waals surface area contributed by atoms with Crippen LogP contribution in [0.5, 0.6) is 0 Å². The fraction of sp³-hybridized carbons (Fsp3) is 0.0588. The summed E-state index contributed by atoms with van der Waals surface area (Å²) in [5, 5.41) is 7.19. The first-order valence-corrected chi connectivity index (χ1v) is 18.8. The van der Waals surface area contributed by atoms with Gasteiger partial charge in [-0.25, -0.2) is 0 Å². The van der Waals surface area contributed by atoms with E-state index in [4.69, 9.17) is 4.42 Å². The predicted molar refractivity (Wildman–Crippen MR) is 225 cm³/mol. The SMILES string of the molecule is CC1(C)c2ccccc2-c2cc3c4cc(-c5ccc6c7ccc8c9ccccc9oc8c7n(-c7ccccc7)c6c5)ccc4n(-c4ccccc4)c3cc21. The lowest BCUT2D eigenvalue weighted by atomic mass is 9.82. The fourth-order valence-corrected chi connectivity index (χ4v) is 9.55. The van der Waals surface area contributed by atoms with Crippen molar-refractivity contribution in [2.24, 2.45) is 0 Å². The molecule has 3 aromatic heterocycles. The van der Waals surface area contributed by atoms with E-state index < -0.39 is 0 Å². The van der Waals surface area contributed by atoms with Crippen LogP contribution < -0.4 is 0 Å². The Morgan fingerprint density at radius 3 is 1.87 bits per heavy atom. The van der Waals surface area contributed by atoms with Crippen LogP contribution in [0.25, 0.3) is 99.2 Å². The van der Waals surface area contributed by atoms with Gasteiger partial charge in [-0.3, -0.25) is 0 Å². The highest BCUT2D eigenvalue weighted by molar-refractivity contribution is 6.22. The standard InChI is InChI=1S/C51H34N2O/c1-51(2)43-19-11-9-17-35(43)40-29-42-41-27-31(22-26-45(41)52(47(42)30-44(40)51)33-13-5-3-6-14-33)32-21-23-36-38-24-25-39-37-18-10-12-20-48(37)54-50(39)49(38)53(46(36)28-32)34-15-7-4-8-16-34/h3-30H,1-2H3. The van der Waals surface area contributed by atoms with Gasteiger partial charge in [0.05, 0.1) is 22.1 Å². The summed E-state index contributed by atoms with van der Waals surface area (Å²) in [5.74, 6) is 0. The molecule has 3 heteroatoms. The van der Waals surface area contributed by atoms with E-state index in [1.165, 1.54) is 71.6 Å². The second kappa shape index (κ2) is 10.6. The largest absolute Gasteiger partial charge is 0.454 e. The van der Waals surface area contributed by atoms with Gasteiger partial charge in [-0.1, -0.05) is 117 Å². The van der Waals surface area contributed by atoms with Gasteiger partial charge in [0, 0.05) is 49.1 Å². The molecule has 8 aromatic carbocycles. The molecule has 0 aliphatic heterocycles. The molecule has 0 saturated heterocycles.